The Morgan fingerprint density at radius 1 is 1.15 bits per heavy atom. The van der Waals surface area contributed by atoms with Gasteiger partial charge in [-0.15, -0.1) is 0 Å². The number of pyridine rings is 1. The molecule has 0 bridgehead atoms. The number of carbonyl (C=O) groups is 1. The number of halogens is 4. The molecule has 6 nitrogen and oxygen atoms in total. The highest BCUT2D eigenvalue weighted by Crippen LogP contribution is 2.42. The number of hydrogen-bond donors (Lipinski definition) is 2. The van der Waals surface area contributed by atoms with Gasteiger partial charge in [0.25, 0.3) is 5.91 Å². The van der Waals surface area contributed by atoms with E-state index in [4.69, 9.17) is 5.41 Å². The molecule has 39 heavy (non-hydrogen) atoms. The highest BCUT2D eigenvalue weighted by atomic mass is 19.4. The maximum absolute atomic E-state index is 13.9. The fourth-order valence-electron chi connectivity index (χ4n) is 4.75. The smallest absolute Gasteiger partial charge is 0.345 e. The summed E-state index contributed by atoms with van der Waals surface area (Å²) in [4.78, 5) is 17.6. The molecule has 0 unspecified atom stereocenters. The van der Waals surface area contributed by atoms with Crippen LogP contribution < -0.4 is 10.9 Å². The van der Waals surface area contributed by atoms with Crippen LogP contribution in [0, 0.1) is 24.1 Å². The molecule has 0 aliphatic heterocycles. The Hall–Kier alpha value is -4.21. The van der Waals surface area contributed by atoms with Gasteiger partial charge in [0.2, 0.25) is 5.62 Å². The Morgan fingerprint density at radius 3 is 2.56 bits per heavy atom. The van der Waals surface area contributed by atoms with E-state index in [1.165, 1.54) is 24.4 Å². The van der Waals surface area contributed by atoms with Crippen molar-refractivity contribution in [3.05, 3.63) is 106 Å². The van der Waals surface area contributed by atoms with Gasteiger partial charge in [0.15, 0.2) is 0 Å². The van der Waals surface area contributed by atoms with Crippen LogP contribution >= 0.6 is 0 Å². The number of nitrogens with zero attached hydrogens (tertiary/aromatic N) is 3. The number of aryl methyl sites for hydroxylation is 2. The van der Waals surface area contributed by atoms with Gasteiger partial charge in [-0.25, -0.2) is 4.39 Å². The van der Waals surface area contributed by atoms with Gasteiger partial charge in [0.1, 0.15) is 5.82 Å². The molecule has 2 aromatic carbocycles. The van der Waals surface area contributed by atoms with Crippen LogP contribution in [0.25, 0.3) is 11.3 Å². The first-order chi connectivity index (χ1) is 18.5. The number of nitrogens with one attached hydrogen (secondary N) is 2. The van der Waals surface area contributed by atoms with E-state index in [1.807, 2.05) is 0 Å². The standard InChI is InChI=1S/C29H27F4N5O/c1-17-12-20(7-8-24(17)30)25(19-5-6-19)36-27(39)22-14-18(16-38-11-10-37(2)28(38)34)13-21(15-22)26-23(29(31,32)33)4-3-9-35-26/h3-4,7-15,19,25,34H,5-6,16H2,1-2H3,(H,36,39)/t25-/m0/s1. The normalized spacial score (nSPS) is 14.3. The molecule has 5 rings (SSSR count). The highest BCUT2D eigenvalue weighted by Gasteiger charge is 2.35. The van der Waals surface area contributed by atoms with Gasteiger partial charge in [-0.1, -0.05) is 12.1 Å². The lowest BCUT2D eigenvalue weighted by Crippen LogP contribution is -2.30. The summed E-state index contributed by atoms with van der Waals surface area (Å²) in [5, 5.41) is 11.3. The molecular weight excluding hydrogens is 510 g/mol. The first-order valence-corrected chi connectivity index (χ1v) is 12.5. The topological polar surface area (TPSA) is 75.7 Å². The molecule has 2 N–H and O–H groups in total. The molecule has 1 saturated carbocycles. The third-order valence-corrected chi connectivity index (χ3v) is 6.99. The summed E-state index contributed by atoms with van der Waals surface area (Å²) in [6.07, 6.45) is 1.85. The van der Waals surface area contributed by atoms with E-state index >= 15 is 0 Å². The monoisotopic (exact) mass is 537 g/mol. The molecule has 1 aliphatic carbocycles. The number of imidazole rings is 1. The maximum atomic E-state index is 13.9. The van der Waals surface area contributed by atoms with Crippen LogP contribution in [0.15, 0.2) is 67.1 Å². The van der Waals surface area contributed by atoms with Gasteiger partial charge in [0, 0.05) is 36.8 Å². The average molecular weight is 538 g/mol. The fraction of sp³-hybridized carbons (Fsp3) is 0.276. The predicted octanol–water partition coefficient (Wildman–Crippen LogP) is 5.76. The number of carbonyl (C=O) groups excluding carboxylic acids is 1. The molecule has 1 atom stereocenters. The number of aromatic nitrogens is 3. The molecule has 4 aromatic rings. The van der Waals surface area contributed by atoms with Gasteiger partial charge >= 0.3 is 6.18 Å². The lowest BCUT2D eigenvalue weighted by atomic mass is 9.97. The minimum atomic E-state index is -4.64. The summed E-state index contributed by atoms with van der Waals surface area (Å²) in [5.41, 5.74) is 1.13. The van der Waals surface area contributed by atoms with E-state index in [9.17, 15) is 22.4 Å². The van der Waals surface area contributed by atoms with E-state index in [1.54, 1.807) is 59.8 Å². The predicted molar refractivity (Wildman–Crippen MR) is 137 cm³/mol. The summed E-state index contributed by atoms with van der Waals surface area (Å²) in [7, 11) is 1.72. The number of rotatable bonds is 7. The van der Waals surface area contributed by atoms with E-state index in [2.05, 4.69) is 10.3 Å². The summed E-state index contributed by atoms with van der Waals surface area (Å²) < 4.78 is 58.6. The zero-order valence-electron chi connectivity index (χ0n) is 21.4. The van der Waals surface area contributed by atoms with Crippen LogP contribution in [0.3, 0.4) is 0 Å². The summed E-state index contributed by atoms with van der Waals surface area (Å²) >= 11 is 0. The number of benzene rings is 2. The SMILES string of the molecule is Cc1cc([C@@H](NC(=O)c2cc(Cn3ccn(C)c3=N)cc(-c3ncccc3C(F)(F)F)c2)C2CC2)ccc1F. The second-order valence-electron chi connectivity index (χ2n) is 9.97. The zero-order valence-corrected chi connectivity index (χ0v) is 21.4. The van der Waals surface area contributed by atoms with E-state index in [-0.39, 0.29) is 46.8 Å². The number of hydrogen-bond acceptors (Lipinski definition) is 3. The number of amides is 1. The molecule has 0 radical (unpaired) electrons. The highest BCUT2D eigenvalue weighted by molar-refractivity contribution is 5.96. The third-order valence-electron chi connectivity index (χ3n) is 6.99. The molecule has 0 saturated heterocycles. The molecule has 0 spiro atoms. The van der Waals surface area contributed by atoms with E-state index in [0.717, 1.165) is 24.5 Å². The van der Waals surface area contributed by atoms with Crippen molar-refractivity contribution in [3.8, 4) is 11.3 Å². The van der Waals surface area contributed by atoms with Crippen molar-refractivity contribution in [3.63, 3.8) is 0 Å². The maximum Gasteiger partial charge on any atom is 0.418 e. The Balaban J connectivity index is 1.56. The van der Waals surface area contributed by atoms with Crippen molar-refractivity contribution < 1.29 is 22.4 Å². The molecule has 1 amide bonds. The first-order valence-electron chi connectivity index (χ1n) is 12.5. The van der Waals surface area contributed by atoms with Crippen molar-refractivity contribution in [2.24, 2.45) is 13.0 Å². The Bertz CT molecular complexity index is 1600. The van der Waals surface area contributed by atoms with Crippen LogP contribution in [-0.2, 0) is 19.8 Å². The Labute approximate surface area is 222 Å². The van der Waals surface area contributed by atoms with Crippen LogP contribution in [-0.4, -0.2) is 20.0 Å². The van der Waals surface area contributed by atoms with E-state index < -0.39 is 17.6 Å². The lowest BCUT2D eigenvalue weighted by molar-refractivity contribution is -0.137. The molecule has 1 aliphatic rings. The van der Waals surface area contributed by atoms with Gasteiger partial charge in [-0.2, -0.15) is 13.2 Å². The molecule has 2 aromatic heterocycles. The van der Waals surface area contributed by atoms with Gasteiger partial charge in [-0.3, -0.25) is 15.2 Å². The molecular formula is C29H27F4N5O. The van der Waals surface area contributed by atoms with E-state index in [0.29, 0.717) is 11.1 Å². The fourth-order valence-corrected chi connectivity index (χ4v) is 4.75. The molecule has 202 valence electrons. The average Bonchev–Trinajstić information content (AvgIpc) is 3.70. The largest absolute Gasteiger partial charge is 0.418 e. The quantitative estimate of drug-likeness (QED) is 0.294. The second kappa shape index (κ2) is 10.2. The van der Waals surface area contributed by atoms with Gasteiger partial charge in [0.05, 0.1) is 23.8 Å². The molecule has 10 heteroatoms. The first kappa shape index (κ1) is 26.4. The van der Waals surface area contributed by atoms with Crippen molar-refractivity contribution in [2.45, 2.75) is 38.5 Å². The third kappa shape index (κ3) is 5.64. The lowest BCUT2D eigenvalue weighted by Gasteiger charge is -2.20. The molecule has 2 heterocycles. The van der Waals surface area contributed by atoms with Gasteiger partial charge in [-0.05, 0) is 78.8 Å². The summed E-state index contributed by atoms with van der Waals surface area (Å²) in [6, 6.07) is 11.2. The minimum Gasteiger partial charge on any atom is -0.345 e. The van der Waals surface area contributed by atoms with Crippen molar-refractivity contribution in [1.29, 1.82) is 5.41 Å². The Morgan fingerprint density at radius 2 is 1.92 bits per heavy atom. The Kier molecular flexibility index (Phi) is 6.88. The zero-order chi connectivity index (χ0) is 27.9. The second-order valence-corrected chi connectivity index (χ2v) is 9.97. The van der Waals surface area contributed by atoms with Crippen LogP contribution in [0.2, 0.25) is 0 Å². The van der Waals surface area contributed by atoms with Crippen molar-refractivity contribution >= 4 is 5.91 Å². The van der Waals surface area contributed by atoms with Gasteiger partial charge < -0.3 is 14.5 Å². The van der Waals surface area contributed by atoms with Crippen LogP contribution in [0.1, 0.15) is 51.5 Å². The van der Waals surface area contributed by atoms with Crippen molar-refractivity contribution in [1.82, 2.24) is 19.4 Å². The minimum absolute atomic E-state index is 0.147. The number of alkyl halides is 3. The van der Waals surface area contributed by atoms with Crippen molar-refractivity contribution in [2.75, 3.05) is 0 Å². The molecule has 1 fully saturated rings. The summed E-state index contributed by atoms with van der Waals surface area (Å²) in [6.45, 7) is 1.83. The van der Waals surface area contributed by atoms with Crippen LogP contribution in [0.4, 0.5) is 17.6 Å². The summed E-state index contributed by atoms with van der Waals surface area (Å²) in [5.74, 6) is -0.592. The van der Waals surface area contributed by atoms with Crippen LogP contribution in [0.5, 0.6) is 0 Å².